The van der Waals surface area contributed by atoms with Crippen LogP contribution in [0.3, 0.4) is 0 Å². The Bertz CT molecular complexity index is 1880. The van der Waals surface area contributed by atoms with Gasteiger partial charge in [0.1, 0.15) is 5.82 Å². The molecular weight excluding hydrogens is 595 g/mol. The Morgan fingerprint density at radius 3 is 2.27 bits per heavy atom. The van der Waals surface area contributed by atoms with Crippen LogP contribution in [0.25, 0.3) is 22.2 Å². The number of allylic oxidation sites excluding steroid dienone is 2. The zero-order valence-electron chi connectivity index (χ0n) is 24.3. The summed E-state index contributed by atoms with van der Waals surface area (Å²) in [6, 6.07) is 19.1. The van der Waals surface area contributed by atoms with Gasteiger partial charge in [0.25, 0.3) is 0 Å². The van der Waals surface area contributed by atoms with Crippen molar-refractivity contribution in [2.24, 2.45) is 23.7 Å². The fraction of sp³-hybridized carbons (Fsp3) is 0.250. The smallest absolute Gasteiger partial charge is 0.339 e. The van der Waals surface area contributed by atoms with Crippen LogP contribution in [0.1, 0.15) is 39.1 Å². The van der Waals surface area contributed by atoms with Gasteiger partial charge in [-0.05, 0) is 79.8 Å². The topological polar surface area (TPSA) is 93.6 Å². The van der Waals surface area contributed by atoms with Crippen LogP contribution in [0.15, 0.2) is 84.9 Å². The van der Waals surface area contributed by atoms with Gasteiger partial charge in [-0.3, -0.25) is 19.3 Å². The molecule has 2 amide bonds. The fourth-order valence-electron chi connectivity index (χ4n) is 6.93. The van der Waals surface area contributed by atoms with Crippen LogP contribution in [-0.2, 0) is 14.3 Å². The molecule has 0 N–H and O–H groups in total. The van der Waals surface area contributed by atoms with E-state index in [4.69, 9.17) is 21.3 Å². The molecule has 1 saturated carbocycles. The highest BCUT2D eigenvalue weighted by molar-refractivity contribution is 6.23. The molecule has 1 aromatic heterocycles. The SMILES string of the molecule is Cc1ccc2nc(-c3ccc(N4C(=O)C5C6C=CC(C6)C5C4=O)cc3)cc(C(=O)OC(CCCl)C(=O)c3ccc(F)cc3)c2c1. The molecule has 3 aliphatic rings. The Labute approximate surface area is 263 Å². The monoisotopic (exact) mass is 622 g/mol. The number of halogens is 2. The van der Waals surface area contributed by atoms with E-state index in [0.29, 0.717) is 27.8 Å². The number of Topliss-reactive ketones (excluding diaryl/α,β-unsaturated/α-hetero) is 1. The van der Waals surface area contributed by atoms with Crippen molar-refractivity contribution >= 4 is 51.8 Å². The van der Waals surface area contributed by atoms with E-state index < -0.39 is 23.7 Å². The Balaban J connectivity index is 1.19. The number of nitrogens with zero attached hydrogens (tertiary/aromatic N) is 2. The van der Waals surface area contributed by atoms with Gasteiger partial charge in [0.2, 0.25) is 17.6 Å². The van der Waals surface area contributed by atoms with Crippen molar-refractivity contribution in [1.29, 1.82) is 0 Å². The van der Waals surface area contributed by atoms with E-state index in [9.17, 15) is 23.6 Å². The maximum atomic E-state index is 13.7. The van der Waals surface area contributed by atoms with Gasteiger partial charge in [0.05, 0.1) is 34.3 Å². The average Bonchev–Trinajstić information content (AvgIpc) is 3.73. The van der Waals surface area contributed by atoms with E-state index in [-0.39, 0.29) is 58.9 Å². The molecule has 0 radical (unpaired) electrons. The molecule has 2 heterocycles. The molecule has 45 heavy (non-hydrogen) atoms. The first kappa shape index (κ1) is 29.0. The number of pyridine rings is 1. The number of rotatable bonds is 8. The number of benzene rings is 3. The minimum atomic E-state index is -1.17. The second-order valence-electron chi connectivity index (χ2n) is 11.9. The van der Waals surface area contributed by atoms with Crippen LogP contribution in [0.5, 0.6) is 0 Å². The molecular formula is C36H28ClFN2O5. The zero-order chi connectivity index (χ0) is 31.4. The Morgan fingerprint density at radius 2 is 1.62 bits per heavy atom. The van der Waals surface area contributed by atoms with E-state index >= 15 is 0 Å². The lowest BCUT2D eigenvalue weighted by molar-refractivity contribution is -0.123. The number of aromatic nitrogens is 1. The number of esters is 1. The van der Waals surface area contributed by atoms with Gasteiger partial charge < -0.3 is 4.74 Å². The second kappa shape index (κ2) is 11.3. The van der Waals surface area contributed by atoms with Gasteiger partial charge in [-0.15, -0.1) is 11.6 Å². The lowest BCUT2D eigenvalue weighted by atomic mass is 9.85. The molecule has 2 fully saturated rings. The van der Waals surface area contributed by atoms with Gasteiger partial charge in [-0.2, -0.15) is 0 Å². The highest BCUT2D eigenvalue weighted by Crippen LogP contribution is 2.53. The van der Waals surface area contributed by atoms with Crippen LogP contribution in [-0.4, -0.2) is 40.5 Å². The van der Waals surface area contributed by atoms with Gasteiger partial charge in [-0.1, -0.05) is 35.9 Å². The van der Waals surface area contributed by atoms with Crippen molar-refractivity contribution in [3.63, 3.8) is 0 Å². The first-order valence-electron chi connectivity index (χ1n) is 14.9. The molecule has 5 unspecified atom stereocenters. The first-order chi connectivity index (χ1) is 21.7. The molecule has 1 saturated heterocycles. The molecule has 4 aromatic rings. The van der Waals surface area contributed by atoms with Gasteiger partial charge in [0.15, 0.2) is 6.10 Å². The largest absolute Gasteiger partial charge is 0.450 e. The van der Waals surface area contributed by atoms with Crippen molar-refractivity contribution in [3.8, 4) is 11.3 Å². The molecule has 226 valence electrons. The number of alkyl halides is 1. The highest BCUT2D eigenvalue weighted by Gasteiger charge is 2.59. The van der Waals surface area contributed by atoms with Gasteiger partial charge in [-0.25, -0.2) is 14.2 Å². The number of carbonyl (C=O) groups excluding carboxylic acids is 4. The third-order valence-electron chi connectivity index (χ3n) is 9.12. The second-order valence-corrected chi connectivity index (χ2v) is 12.3. The maximum absolute atomic E-state index is 13.7. The molecule has 7 rings (SSSR count). The van der Waals surface area contributed by atoms with Crippen molar-refractivity contribution in [3.05, 3.63) is 107 Å². The first-order valence-corrected chi connectivity index (χ1v) is 15.4. The van der Waals surface area contributed by atoms with E-state index in [1.54, 1.807) is 30.3 Å². The zero-order valence-corrected chi connectivity index (χ0v) is 25.0. The lowest BCUT2D eigenvalue weighted by Gasteiger charge is -2.18. The number of aryl methyl sites for hydroxylation is 1. The number of hydrogen-bond acceptors (Lipinski definition) is 6. The molecule has 7 nitrogen and oxygen atoms in total. The Hall–Kier alpha value is -4.69. The van der Waals surface area contributed by atoms with Gasteiger partial charge in [0, 0.05) is 28.8 Å². The number of imide groups is 1. The van der Waals surface area contributed by atoms with Gasteiger partial charge >= 0.3 is 5.97 Å². The van der Waals surface area contributed by atoms with E-state index in [0.717, 1.165) is 12.0 Å². The molecule has 2 bridgehead atoms. The third-order valence-corrected chi connectivity index (χ3v) is 9.34. The number of ketones is 1. The Morgan fingerprint density at radius 1 is 0.956 bits per heavy atom. The number of hydrogen-bond donors (Lipinski definition) is 0. The standard InChI is InChI=1S/C36H28ClFN2O5/c1-19-2-13-28-26(16-19)27(36(44)45-30(14-15-37)33(41)21-5-9-24(38)10-6-21)18-29(39-28)20-7-11-25(12-8-20)40-34(42)31-22-3-4-23(17-22)32(31)35(40)43/h2-13,16,18,22-23,30-32H,14-15,17H2,1H3. The Kier molecular flexibility index (Phi) is 7.32. The number of ether oxygens (including phenoxy) is 1. The van der Waals surface area contributed by atoms with Crippen molar-refractivity contribution < 1.29 is 28.3 Å². The average molecular weight is 623 g/mol. The van der Waals surface area contributed by atoms with Crippen LogP contribution in [0.4, 0.5) is 10.1 Å². The summed E-state index contributed by atoms with van der Waals surface area (Å²) < 4.78 is 19.2. The molecule has 2 aliphatic carbocycles. The third kappa shape index (κ3) is 5.03. The number of anilines is 1. The highest BCUT2D eigenvalue weighted by atomic mass is 35.5. The van der Waals surface area contributed by atoms with Crippen molar-refractivity contribution in [2.75, 3.05) is 10.8 Å². The van der Waals surface area contributed by atoms with Crippen molar-refractivity contribution in [2.45, 2.75) is 25.9 Å². The summed E-state index contributed by atoms with van der Waals surface area (Å²) in [6.45, 7) is 1.89. The summed E-state index contributed by atoms with van der Waals surface area (Å²) in [5.74, 6) is -2.25. The predicted octanol–water partition coefficient (Wildman–Crippen LogP) is 6.70. The normalized spacial score (nSPS) is 22.2. The number of amides is 2. The van der Waals surface area contributed by atoms with Crippen molar-refractivity contribution in [1.82, 2.24) is 4.98 Å². The van der Waals surface area contributed by atoms with Crippen LogP contribution in [0, 0.1) is 36.4 Å². The number of carbonyl (C=O) groups is 4. The quantitative estimate of drug-likeness (QED) is 0.0714. The summed E-state index contributed by atoms with van der Waals surface area (Å²) in [5.41, 5.74) is 3.52. The fourth-order valence-corrected chi connectivity index (χ4v) is 7.13. The van der Waals surface area contributed by atoms with Crippen LogP contribution >= 0.6 is 11.6 Å². The summed E-state index contributed by atoms with van der Waals surface area (Å²) in [5, 5.41) is 0.558. The predicted molar refractivity (Wildman–Crippen MR) is 167 cm³/mol. The summed E-state index contributed by atoms with van der Waals surface area (Å²) in [4.78, 5) is 59.5. The summed E-state index contributed by atoms with van der Waals surface area (Å²) in [7, 11) is 0. The summed E-state index contributed by atoms with van der Waals surface area (Å²) in [6.07, 6.45) is 3.90. The maximum Gasteiger partial charge on any atom is 0.339 e. The minimum Gasteiger partial charge on any atom is -0.450 e. The van der Waals surface area contributed by atoms with Crippen LogP contribution in [0.2, 0.25) is 0 Å². The minimum absolute atomic E-state index is 0.0695. The van der Waals surface area contributed by atoms with Crippen LogP contribution < -0.4 is 4.90 Å². The lowest BCUT2D eigenvalue weighted by Crippen LogP contribution is -2.32. The van der Waals surface area contributed by atoms with E-state index in [1.807, 2.05) is 25.1 Å². The van der Waals surface area contributed by atoms with E-state index in [1.165, 1.54) is 29.2 Å². The number of fused-ring (bicyclic) bond motifs is 6. The molecule has 1 aliphatic heterocycles. The molecule has 0 spiro atoms. The van der Waals surface area contributed by atoms with E-state index in [2.05, 4.69) is 12.2 Å². The molecule has 9 heteroatoms. The molecule has 3 aromatic carbocycles. The molecule has 5 atom stereocenters. The summed E-state index contributed by atoms with van der Waals surface area (Å²) >= 11 is 5.96.